The van der Waals surface area contributed by atoms with Crippen LogP contribution in [0.25, 0.3) is 16.9 Å². The molecule has 1 aromatic carbocycles. The molecule has 0 aliphatic carbocycles. The van der Waals surface area contributed by atoms with Gasteiger partial charge in [-0.3, -0.25) is 9.78 Å². The Hall–Kier alpha value is -2.99. The van der Waals surface area contributed by atoms with Crippen molar-refractivity contribution in [1.82, 2.24) is 25.0 Å². The molecule has 1 saturated heterocycles. The fourth-order valence-electron chi connectivity index (χ4n) is 4.54. The third kappa shape index (κ3) is 5.39. The van der Waals surface area contributed by atoms with Crippen molar-refractivity contribution in [2.45, 2.75) is 26.7 Å². The number of benzene rings is 1. The molecule has 3 heterocycles. The van der Waals surface area contributed by atoms with Crippen molar-refractivity contribution in [3.8, 4) is 16.9 Å². The standard InChI is InChI=1S/C25H31N5O/c1-19-14-20(2)17-29(16-19)13-7-12-27-25(31)23-18-30(22-9-4-3-5-10-22)28-24(23)21-8-6-11-26-15-21/h3-6,8-11,15,18-20H,7,12-14,16-17H2,1-2H3,(H,27,31)/t19-,20-/m1/s1. The van der Waals surface area contributed by atoms with Gasteiger partial charge in [0.1, 0.15) is 5.69 Å². The first-order valence-corrected chi connectivity index (χ1v) is 11.2. The molecule has 1 fully saturated rings. The number of nitrogens with one attached hydrogen (secondary N) is 1. The maximum atomic E-state index is 13.0. The number of aromatic nitrogens is 3. The van der Waals surface area contributed by atoms with Gasteiger partial charge in [0.2, 0.25) is 0 Å². The summed E-state index contributed by atoms with van der Waals surface area (Å²) in [6.07, 6.45) is 7.53. The number of amides is 1. The first-order valence-electron chi connectivity index (χ1n) is 11.2. The van der Waals surface area contributed by atoms with Gasteiger partial charge in [-0.2, -0.15) is 5.10 Å². The zero-order valence-electron chi connectivity index (χ0n) is 18.4. The lowest BCUT2D eigenvalue weighted by Crippen LogP contribution is -2.40. The first kappa shape index (κ1) is 21.2. The summed E-state index contributed by atoms with van der Waals surface area (Å²) in [4.78, 5) is 19.8. The molecular weight excluding hydrogens is 386 g/mol. The predicted octanol–water partition coefficient (Wildman–Crippen LogP) is 4.03. The zero-order chi connectivity index (χ0) is 21.6. The number of piperidine rings is 1. The van der Waals surface area contributed by atoms with Crippen molar-refractivity contribution < 1.29 is 4.79 Å². The van der Waals surface area contributed by atoms with Gasteiger partial charge in [-0.25, -0.2) is 4.68 Å². The van der Waals surface area contributed by atoms with E-state index >= 15 is 0 Å². The van der Waals surface area contributed by atoms with Crippen molar-refractivity contribution in [3.05, 3.63) is 66.6 Å². The molecule has 2 atom stereocenters. The Kier molecular flexibility index (Phi) is 6.77. The van der Waals surface area contributed by atoms with Crippen molar-refractivity contribution in [2.24, 2.45) is 11.8 Å². The summed E-state index contributed by atoms with van der Waals surface area (Å²) < 4.78 is 1.76. The van der Waals surface area contributed by atoms with E-state index in [0.29, 0.717) is 17.8 Å². The molecule has 2 aromatic heterocycles. The fraction of sp³-hybridized carbons (Fsp3) is 0.400. The Labute approximate surface area is 184 Å². The van der Waals surface area contributed by atoms with E-state index in [-0.39, 0.29) is 5.91 Å². The normalized spacial score (nSPS) is 19.3. The van der Waals surface area contributed by atoms with E-state index in [1.165, 1.54) is 6.42 Å². The maximum absolute atomic E-state index is 13.0. The summed E-state index contributed by atoms with van der Waals surface area (Å²) in [6.45, 7) is 8.65. The molecule has 4 rings (SSSR count). The molecule has 1 N–H and O–H groups in total. The summed E-state index contributed by atoms with van der Waals surface area (Å²) in [5, 5.41) is 7.79. The van der Waals surface area contributed by atoms with Crippen LogP contribution in [0.4, 0.5) is 0 Å². The van der Waals surface area contributed by atoms with Crippen LogP contribution in [-0.4, -0.2) is 51.8 Å². The molecule has 6 heteroatoms. The average Bonchev–Trinajstić information content (AvgIpc) is 3.23. The molecule has 6 nitrogen and oxygen atoms in total. The van der Waals surface area contributed by atoms with Crippen LogP contribution in [0.1, 0.15) is 37.0 Å². The third-order valence-corrected chi connectivity index (χ3v) is 5.80. The lowest BCUT2D eigenvalue weighted by atomic mass is 9.92. The van der Waals surface area contributed by atoms with Gasteiger partial charge < -0.3 is 10.2 Å². The van der Waals surface area contributed by atoms with Gasteiger partial charge in [0.25, 0.3) is 5.91 Å². The maximum Gasteiger partial charge on any atom is 0.255 e. The lowest BCUT2D eigenvalue weighted by molar-refractivity contribution is 0.0948. The second-order valence-electron chi connectivity index (χ2n) is 8.73. The minimum Gasteiger partial charge on any atom is -0.352 e. The number of hydrogen-bond acceptors (Lipinski definition) is 4. The summed E-state index contributed by atoms with van der Waals surface area (Å²) >= 11 is 0. The summed E-state index contributed by atoms with van der Waals surface area (Å²) in [5.74, 6) is 1.41. The molecule has 0 bridgehead atoms. The monoisotopic (exact) mass is 417 g/mol. The molecule has 1 aliphatic rings. The van der Waals surface area contributed by atoms with Crippen LogP contribution in [0.5, 0.6) is 0 Å². The van der Waals surface area contributed by atoms with Gasteiger partial charge in [-0.05, 0) is 55.5 Å². The summed E-state index contributed by atoms with van der Waals surface area (Å²) in [5.41, 5.74) is 2.96. The van der Waals surface area contributed by atoms with Gasteiger partial charge in [-0.1, -0.05) is 32.0 Å². The van der Waals surface area contributed by atoms with Crippen LogP contribution in [-0.2, 0) is 0 Å². The van der Waals surface area contributed by atoms with Gasteiger partial charge in [0, 0.05) is 43.8 Å². The van der Waals surface area contributed by atoms with Crippen molar-refractivity contribution >= 4 is 5.91 Å². The Balaban J connectivity index is 1.43. The van der Waals surface area contributed by atoms with Crippen LogP contribution in [0.3, 0.4) is 0 Å². The van der Waals surface area contributed by atoms with E-state index in [1.54, 1.807) is 23.3 Å². The van der Waals surface area contributed by atoms with Crippen molar-refractivity contribution in [3.63, 3.8) is 0 Å². The smallest absolute Gasteiger partial charge is 0.255 e. The van der Waals surface area contributed by atoms with Gasteiger partial charge in [-0.15, -0.1) is 0 Å². The second-order valence-corrected chi connectivity index (χ2v) is 8.73. The van der Waals surface area contributed by atoms with E-state index in [1.807, 2.05) is 42.5 Å². The molecule has 1 amide bonds. The Morgan fingerprint density at radius 3 is 2.58 bits per heavy atom. The molecule has 1 aliphatic heterocycles. The zero-order valence-corrected chi connectivity index (χ0v) is 18.4. The third-order valence-electron chi connectivity index (χ3n) is 5.80. The fourth-order valence-corrected chi connectivity index (χ4v) is 4.54. The number of pyridine rings is 1. The van der Waals surface area contributed by atoms with Crippen LogP contribution in [0.2, 0.25) is 0 Å². The second kappa shape index (κ2) is 9.88. The largest absolute Gasteiger partial charge is 0.352 e. The molecule has 31 heavy (non-hydrogen) atoms. The molecule has 0 saturated carbocycles. The molecule has 0 spiro atoms. The van der Waals surface area contributed by atoms with E-state index in [4.69, 9.17) is 5.10 Å². The number of hydrogen-bond donors (Lipinski definition) is 1. The quantitative estimate of drug-likeness (QED) is 0.590. The molecule has 162 valence electrons. The van der Waals surface area contributed by atoms with Crippen molar-refractivity contribution in [2.75, 3.05) is 26.2 Å². The van der Waals surface area contributed by atoms with Crippen LogP contribution in [0.15, 0.2) is 61.1 Å². The minimum absolute atomic E-state index is 0.0959. The number of carbonyl (C=O) groups excluding carboxylic acids is 1. The van der Waals surface area contributed by atoms with Crippen LogP contribution >= 0.6 is 0 Å². The average molecular weight is 418 g/mol. The first-order chi connectivity index (χ1) is 15.1. The number of likely N-dealkylation sites (tertiary alicyclic amines) is 1. The highest BCUT2D eigenvalue weighted by Gasteiger charge is 2.22. The molecule has 0 radical (unpaired) electrons. The number of rotatable bonds is 7. The molecular formula is C25H31N5O. The van der Waals surface area contributed by atoms with Gasteiger partial charge >= 0.3 is 0 Å². The van der Waals surface area contributed by atoms with Crippen LogP contribution in [0, 0.1) is 11.8 Å². The predicted molar refractivity (Wildman–Crippen MR) is 123 cm³/mol. The highest BCUT2D eigenvalue weighted by atomic mass is 16.1. The Morgan fingerprint density at radius 2 is 1.87 bits per heavy atom. The summed E-state index contributed by atoms with van der Waals surface area (Å²) in [6, 6.07) is 13.6. The van der Waals surface area contributed by atoms with Gasteiger partial charge in [0.05, 0.1) is 11.3 Å². The molecule has 3 aromatic rings. The van der Waals surface area contributed by atoms with E-state index in [9.17, 15) is 4.79 Å². The minimum atomic E-state index is -0.0959. The number of carbonyl (C=O) groups is 1. The highest BCUT2D eigenvalue weighted by Crippen LogP contribution is 2.23. The van der Waals surface area contributed by atoms with Crippen molar-refractivity contribution in [1.29, 1.82) is 0 Å². The Morgan fingerprint density at radius 1 is 1.10 bits per heavy atom. The Bertz CT molecular complexity index is 976. The number of nitrogens with zero attached hydrogens (tertiary/aromatic N) is 4. The van der Waals surface area contributed by atoms with Crippen LogP contribution < -0.4 is 5.32 Å². The SMILES string of the molecule is C[C@@H]1C[C@@H](C)CN(CCCNC(=O)c2cn(-c3ccccc3)nc2-c2cccnc2)C1. The summed E-state index contributed by atoms with van der Waals surface area (Å²) in [7, 11) is 0. The van der Waals surface area contributed by atoms with E-state index in [0.717, 1.165) is 49.1 Å². The van der Waals surface area contributed by atoms with E-state index < -0.39 is 0 Å². The van der Waals surface area contributed by atoms with E-state index in [2.05, 4.69) is 29.0 Å². The number of para-hydroxylation sites is 1. The topological polar surface area (TPSA) is 63.1 Å². The molecule has 0 unspecified atom stereocenters. The highest BCUT2D eigenvalue weighted by molar-refractivity contribution is 5.99. The lowest BCUT2D eigenvalue weighted by Gasteiger charge is -2.34. The van der Waals surface area contributed by atoms with Gasteiger partial charge in [0.15, 0.2) is 0 Å².